The van der Waals surface area contributed by atoms with Crippen LogP contribution in [0, 0.1) is 0 Å². The molecule has 2 nitrogen and oxygen atoms in total. The van der Waals surface area contributed by atoms with Crippen LogP contribution in [-0.4, -0.2) is 10.3 Å². The smallest absolute Gasteiger partial charge is 0.133 e. The fourth-order valence-electron chi connectivity index (χ4n) is 4.18. The van der Waals surface area contributed by atoms with Crippen molar-refractivity contribution in [1.82, 2.24) is 4.57 Å². The second-order valence-electron chi connectivity index (χ2n) is 8.00. The van der Waals surface area contributed by atoms with Crippen LogP contribution in [0.2, 0.25) is 0 Å². The zero-order valence-corrected chi connectivity index (χ0v) is 20.1. The van der Waals surface area contributed by atoms with E-state index in [9.17, 15) is 0 Å². The second kappa shape index (κ2) is 11.3. The normalized spacial score (nSPS) is 16.9. The van der Waals surface area contributed by atoms with Gasteiger partial charge < -0.3 is 0 Å². The first-order chi connectivity index (χ1) is 16.1. The molecule has 0 atom stereocenters. The van der Waals surface area contributed by atoms with Crippen molar-refractivity contribution >= 4 is 35.3 Å². The van der Waals surface area contributed by atoms with E-state index in [1.165, 1.54) is 16.4 Å². The van der Waals surface area contributed by atoms with Gasteiger partial charge in [-0.2, -0.15) is 0 Å². The van der Waals surface area contributed by atoms with E-state index >= 15 is 0 Å². The fourth-order valence-corrected chi connectivity index (χ4v) is 4.18. The molecule has 0 saturated heterocycles. The van der Waals surface area contributed by atoms with Gasteiger partial charge in [0.2, 0.25) is 0 Å². The molecule has 0 spiro atoms. The number of aliphatic imine (C=N–C) groups is 1. The summed E-state index contributed by atoms with van der Waals surface area (Å²) in [5.41, 5.74) is 4.65. The average molecular weight is 435 g/mol. The molecule has 0 radical (unpaired) electrons. The highest BCUT2D eigenvalue weighted by Gasteiger charge is 2.15. The lowest BCUT2D eigenvalue weighted by Gasteiger charge is -2.15. The lowest BCUT2D eigenvalue weighted by Crippen LogP contribution is -2.39. The standard InChI is InChI=1S/C31H34N2/c1-7-16-26-29(22-24(10-4)11-5)33(28(17-8-2)31(26)23(6)9-3)30-21-15-20-27(32-30)25-18-13-12-14-19-25/h7-8,10-14,16-19,21-22H,1-2,4,9,15,20H2,3,5-6H3/b24-11-,26-16-,28-17+,29-22+,31-23+. The summed E-state index contributed by atoms with van der Waals surface area (Å²) in [4.78, 5) is 5.16. The number of nitrogens with zero attached hydrogens (tertiary/aromatic N) is 2. The van der Waals surface area contributed by atoms with Crippen LogP contribution in [0.5, 0.6) is 0 Å². The summed E-state index contributed by atoms with van der Waals surface area (Å²) in [6, 6.07) is 10.4. The number of allylic oxidation sites excluding steroid dienone is 6. The Morgan fingerprint density at radius 1 is 1.06 bits per heavy atom. The summed E-state index contributed by atoms with van der Waals surface area (Å²) in [6.45, 7) is 18.4. The Hall–Kier alpha value is -3.65. The summed E-state index contributed by atoms with van der Waals surface area (Å²) in [5.74, 6) is 0.938. The Balaban J connectivity index is 2.54. The van der Waals surface area contributed by atoms with Gasteiger partial charge in [-0.05, 0) is 62.5 Å². The third kappa shape index (κ3) is 5.06. The predicted molar refractivity (Wildman–Crippen MR) is 147 cm³/mol. The van der Waals surface area contributed by atoms with E-state index < -0.39 is 0 Å². The molecule has 2 heteroatoms. The van der Waals surface area contributed by atoms with Crippen molar-refractivity contribution in [2.75, 3.05) is 0 Å². The van der Waals surface area contributed by atoms with Gasteiger partial charge in [0.25, 0.3) is 0 Å². The highest BCUT2D eigenvalue weighted by Crippen LogP contribution is 2.17. The lowest BCUT2D eigenvalue weighted by atomic mass is 10.0. The minimum atomic E-state index is 0.930. The molecule has 33 heavy (non-hydrogen) atoms. The topological polar surface area (TPSA) is 17.3 Å². The lowest BCUT2D eigenvalue weighted by molar-refractivity contribution is 0.946. The van der Waals surface area contributed by atoms with E-state index in [0.717, 1.165) is 52.3 Å². The molecular weight excluding hydrogens is 400 g/mol. The Morgan fingerprint density at radius 2 is 1.79 bits per heavy atom. The van der Waals surface area contributed by atoms with Crippen LogP contribution >= 0.6 is 0 Å². The molecule has 0 saturated carbocycles. The molecule has 0 amide bonds. The maximum atomic E-state index is 5.16. The van der Waals surface area contributed by atoms with Crippen molar-refractivity contribution in [2.45, 2.75) is 40.0 Å². The van der Waals surface area contributed by atoms with Crippen molar-refractivity contribution in [3.8, 4) is 0 Å². The molecule has 0 unspecified atom stereocenters. The second-order valence-corrected chi connectivity index (χ2v) is 8.00. The van der Waals surface area contributed by atoms with Gasteiger partial charge in [-0.25, -0.2) is 4.99 Å². The van der Waals surface area contributed by atoms with Crippen LogP contribution in [0.4, 0.5) is 0 Å². The van der Waals surface area contributed by atoms with Crippen LogP contribution in [-0.2, 0) is 0 Å². The molecule has 0 bridgehead atoms. The quantitative estimate of drug-likeness (QED) is 0.546. The first-order valence-corrected chi connectivity index (χ1v) is 11.6. The van der Waals surface area contributed by atoms with Gasteiger partial charge in [0.15, 0.2) is 0 Å². The molecule has 168 valence electrons. The largest absolute Gasteiger partial charge is 0.294 e. The number of benzene rings is 1. The van der Waals surface area contributed by atoms with Gasteiger partial charge in [-0.3, -0.25) is 4.57 Å². The van der Waals surface area contributed by atoms with Crippen LogP contribution in [0.1, 0.15) is 45.6 Å². The van der Waals surface area contributed by atoms with Crippen LogP contribution in [0.15, 0.2) is 91.0 Å². The Morgan fingerprint density at radius 3 is 2.39 bits per heavy atom. The molecule has 3 rings (SSSR count). The van der Waals surface area contributed by atoms with Crippen molar-refractivity contribution in [2.24, 2.45) is 4.99 Å². The number of rotatable bonds is 7. The average Bonchev–Trinajstić information content (AvgIpc) is 3.15. The zero-order valence-electron chi connectivity index (χ0n) is 20.1. The Labute approximate surface area is 197 Å². The first-order valence-electron chi connectivity index (χ1n) is 11.6. The van der Waals surface area contributed by atoms with Crippen LogP contribution in [0.3, 0.4) is 0 Å². The monoisotopic (exact) mass is 434 g/mol. The summed E-state index contributed by atoms with van der Waals surface area (Å²) >= 11 is 0. The van der Waals surface area contributed by atoms with Crippen molar-refractivity contribution in [1.29, 1.82) is 0 Å². The van der Waals surface area contributed by atoms with Gasteiger partial charge in [0.1, 0.15) is 5.82 Å². The van der Waals surface area contributed by atoms with E-state index in [2.05, 4.69) is 92.8 Å². The fraction of sp³-hybridized carbons (Fsp3) is 0.194. The summed E-state index contributed by atoms with van der Waals surface area (Å²) in [5, 5.41) is 4.52. The van der Waals surface area contributed by atoms with Crippen molar-refractivity contribution in [3.05, 3.63) is 113 Å². The molecule has 0 fully saturated rings. The van der Waals surface area contributed by atoms with Crippen molar-refractivity contribution < 1.29 is 0 Å². The maximum absolute atomic E-state index is 5.16. The van der Waals surface area contributed by atoms with E-state index in [1.807, 2.05) is 31.2 Å². The van der Waals surface area contributed by atoms with Gasteiger partial charge in [-0.1, -0.05) is 92.9 Å². The Bertz CT molecular complexity index is 1390. The third-order valence-electron chi connectivity index (χ3n) is 5.97. The Kier molecular flexibility index (Phi) is 8.21. The van der Waals surface area contributed by atoms with E-state index in [-0.39, 0.29) is 0 Å². The number of aromatic nitrogens is 1. The number of hydrogen-bond donors (Lipinski definition) is 0. The third-order valence-corrected chi connectivity index (χ3v) is 5.97. The van der Waals surface area contributed by atoms with Crippen LogP contribution < -0.4 is 21.1 Å². The minimum absolute atomic E-state index is 0.930. The van der Waals surface area contributed by atoms with Gasteiger partial charge in [-0.15, -0.1) is 0 Å². The summed E-state index contributed by atoms with van der Waals surface area (Å²) in [6.07, 6.45) is 19.1. The van der Waals surface area contributed by atoms with E-state index in [1.54, 1.807) is 0 Å². The SMILES string of the molecule is C=C/C=c1\c(=C(\C)CC)\c(=C/C=C)n(C2=CCCC(c3ccccc3)=N2)\c1=C\C(C=C)=C/C. The summed E-state index contributed by atoms with van der Waals surface area (Å²) in [7, 11) is 0. The van der Waals surface area contributed by atoms with E-state index in [0.29, 0.717) is 0 Å². The van der Waals surface area contributed by atoms with Crippen LogP contribution in [0.25, 0.3) is 29.6 Å². The summed E-state index contributed by atoms with van der Waals surface area (Å²) < 4.78 is 2.26. The molecule has 1 aromatic carbocycles. The molecule has 0 aliphatic carbocycles. The molecule has 2 heterocycles. The minimum Gasteiger partial charge on any atom is -0.294 e. The van der Waals surface area contributed by atoms with Gasteiger partial charge in [0, 0.05) is 10.4 Å². The first kappa shape index (κ1) is 24.0. The molecule has 2 aromatic rings. The highest BCUT2D eigenvalue weighted by atomic mass is 15.1. The zero-order chi connectivity index (χ0) is 23.8. The molecule has 1 aliphatic heterocycles. The maximum Gasteiger partial charge on any atom is 0.133 e. The molecule has 1 aliphatic rings. The molecular formula is C31H34N2. The molecule has 1 aromatic heterocycles. The van der Waals surface area contributed by atoms with Gasteiger partial charge in [0.05, 0.1) is 16.4 Å². The highest BCUT2D eigenvalue weighted by molar-refractivity contribution is 6.03. The van der Waals surface area contributed by atoms with Gasteiger partial charge >= 0.3 is 0 Å². The predicted octanol–water partition coefficient (Wildman–Crippen LogP) is 5.00. The molecule has 0 N–H and O–H groups in total. The van der Waals surface area contributed by atoms with Crippen molar-refractivity contribution in [3.63, 3.8) is 0 Å². The number of hydrogen-bond acceptors (Lipinski definition) is 1. The van der Waals surface area contributed by atoms with E-state index in [4.69, 9.17) is 4.99 Å².